The van der Waals surface area contributed by atoms with E-state index in [9.17, 15) is 18.0 Å². The van der Waals surface area contributed by atoms with E-state index < -0.39 is 11.9 Å². The van der Waals surface area contributed by atoms with Crippen molar-refractivity contribution in [1.29, 1.82) is 0 Å². The van der Waals surface area contributed by atoms with Crippen molar-refractivity contribution < 1.29 is 27.4 Å². The maximum Gasteiger partial charge on any atom is 0.435 e. The molecule has 8 nitrogen and oxygen atoms in total. The first-order chi connectivity index (χ1) is 19.1. The lowest BCUT2D eigenvalue weighted by atomic mass is 9.88. The third-order valence-electron chi connectivity index (χ3n) is 7.10. The minimum Gasteiger partial charge on any atom is -0.497 e. The molecule has 0 aliphatic carbocycles. The zero-order valence-corrected chi connectivity index (χ0v) is 22.7. The number of carbonyl (C=O) groups excluding carboxylic acids is 1. The van der Waals surface area contributed by atoms with Crippen LogP contribution in [0.15, 0.2) is 48.9 Å². The van der Waals surface area contributed by atoms with E-state index in [4.69, 9.17) is 9.47 Å². The normalized spacial score (nSPS) is 13.5. The van der Waals surface area contributed by atoms with Crippen molar-refractivity contribution >= 4 is 5.91 Å². The Balaban J connectivity index is 1.59. The first-order valence-electron chi connectivity index (χ1n) is 12.9. The molecule has 2 aromatic carbocycles. The van der Waals surface area contributed by atoms with E-state index in [0.717, 1.165) is 16.1 Å². The summed E-state index contributed by atoms with van der Waals surface area (Å²) in [7, 11) is 4.58. The number of alkyl halides is 3. The van der Waals surface area contributed by atoms with Gasteiger partial charge in [0.15, 0.2) is 5.69 Å². The van der Waals surface area contributed by atoms with Gasteiger partial charge in [0.1, 0.15) is 17.3 Å². The smallest absolute Gasteiger partial charge is 0.435 e. The van der Waals surface area contributed by atoms with Crippen LogP contribution in [0.3, 0.4) is 0 Å². The minimum absolute atomic E-state index is 0.0340. The van der Waals surface area contributed by atoms with Gasteiger partial charge in [-0.15, -0.1) is 0 Å². The molecule has 2 aromatic heterocycles. The molecular formula is C29H30F3N5O3. The highest BCUT2D eigenvalue weighted by Gasteiger charge is 2.39. The van der Waals surface area contributed by atoms with Gasteiger partial charge in [0.05, 0.1) is 14.2 Å². The number of ether oxygens (including phenoxy) is 2. The fourth-order valence-corrected chi connectivity index (χ4v) is 5.26. The molecule has 0 unspecified atom stereocenters. The molecule has 1 amide bonds. The van der Waals surface area contributed by atoms with Gasteiger partial charge < -0.3 is 18.9 Å². The molecule has 0 atom stereocenters. The summed E-state index contributed by atoms with van der Waals surface area (Å²) < 4.78 is 55.9. The van der Waals surface area contributed by atoms with Crippen LogP contribution in [0.5, 0.6) is 11.5 Å². The van der Waals surface area contributed by atoms with Gasteiger partial charge in [-0.3, -0.25) is 9.48 Å². The Morgan fingerprint density at radius 3 is 2.27 bits per heavy atom. The number of halogens is 3. The van der Waals surface area contributed by atoms with Gasteiger partial charge in [-0.05, 0) is 52.9 Å². The summed E-state index contributed by atoms with van der Waals surface area (Å²) in [4.78, 5) is 19.9. The molecule has 5 rings (SSSR count). The molecule has 1 aliphatic heterocycles. The van der Waals surface area contributed by atoms with Crippen LogP contribution in [0.2, 0.25) is 0 Å². The molecule has 1 aliphatic rings. The van der Waals surface area contributed by atoms with Crippen LogP contribution >= 0.6 is 0 Å². The second-order valence-electron chi connectivity index (χ2n) is 9.75. The molecule has 11 heteroatoms. The zero-order valence-electron chi connectivity index (χ0n) is 22.7. The van der Waals surface area contributed by atoms with E-state index in [1.807, 2.05) is 29.8 Å². The molecule has 4 aromatic rings. The van der Waals surface area contributed by atoms with Crippen molar-refractivity contribution in [3.8, 4) is 22.6 Å². The van der Waals surface area contributed by atoms with Crippen LogP contribution in [0.25, 0.3) is 11.1 Å². The first kappa shape index (κ1) is 27.3. The second kappa shape index (κ2) is 10.7. The molecule has 0 radical (unpaired) electrons. The molecule has 0 bridgehead atoms. The van der Waals surface area contributed by atoms with Gasteiger partial charge in [0.2, 0.25) is 0 Å². The average molecular weight is 554 g/mol. The fraction of sp³-hybridized carbons (Fsp3) is 0.345. The van der Waals surface area contributed by atoms with Gasteiger partial charge in [0.25, 0.3) is 5.91 Å². The predicted octanol–water partition coefficient (Wildman–Crippen LogP) is 5.13. The Labute approximate surface area is 230 Å². The van der Waals surface area contributed by atoms with Crippen molar-refractivity contribution in [2.75, 3.05) is 20.8 Å². The lowest BCUT2D eigenvalue weighted by Gasteiger charge is -2.31. The highest BCUT2D eigenvalue weighted by molar-refractivity contribution is 5.99. The standard InChI is InChI=1S/C29H30F3N5O3/c1-5-26-33-7-9-36(26)15-19-12-23(25-17-35(2)34-27(25)29(30,31)32)22-6-8-37(28(38)24(22)13-19)16-18-10-20(39-3)14-21(11-18)40-4/h7,9-14,17H,5-6,8,15-16H2,1-4H3. The largest absolute Gasteiger partial charge is 0.497 e. The van der Waals surface area contributed by atoms with E-state index in [1.165, 1.54) is 13.2 Å². The summed E-state index contributed by atoms with van der Waals surface area (Å²) in [5.74, 6) is 1.81. The summed E-state index contributed by atoms with van der Waals surface area (Å²) in [5, 5.41) is 3.72. The van der Waals surface area contributed by atoms with E-state index in [0.29, 0.717) is 66.2 Å². The highest BCUT2D eigenvalue weighted by atomic mass is 19.4. The third kappa shape index (κ3) is 5.28. The van der Waals surface area contributed by atoms with Crippen LogP contribution in [0, 0.1) is 0 Å². The molecule has 0 saturated heterocycles. The molecule has 0 saturated carbocycles. The topological polar surface area (TPSA) is 74.4 Å². The monoisotopic (exact) mass is 553 g/mol. The molecule has 0 spiro atoms. The molecular weight excluding hydrogens is 523 g/mol. The van der Waals surface area contributed by atoms with Crippen molar-refractivity contribution in [2.45, 2.75) is 39.0 Å². The summed E-state index contributed by atoms with van der Waals surface area (Å²) >= 11 is 0. The minimum atomic E-state index is -4.64. The molecule has 0 N–H and O–H groups in total. The Morgan fingerprint density at radius 2 is 1.62 bits per heavy atom. The maximum atomic E-state index is 14.0. The summed E-state index contributed by atoms with van der Waals surface area (Å²) in [6, 6.07) is 8.97. The van der Waals surface area contributed by atoms with Crippen LogP contribution in [-0.2, 0) is 39.2 Å². The predicted molar refractivity (Wildman–Crippen MR) is 142 cm³/mol. The van der Waals surface area contributed by atoms with E-state index in [-0.39, 0.29) is 11.5 Å². The number of nitrogens with zero attached hydrogens (tertiary/aromatic N) is 5. The van der Waals surface area contributed by atoms with Gasteiger partial charge >= 0.3 is 6.18 Å². The lowest BCUT2D eigenvalue weighted by molar-refractivity contribution is -0.140. The zero-order chi connectivity index (χ0) is 28.6. The third-order valence-corrected chi connectivity index (χ3v) is 7.10. The number of methoxy groups -OCH3 is 2. The molecule has 0 fully saturated rings. The Bertz CT molecular complexity index is 1530. The number of amides is 1. The van der Waals surface area contributed by atoms with E-state index >= 15 is 0 Å². The van der Waals surface area contributed by atoms with Crippen LogP contribution in [0.1, 0.15) is 45.5 Å². The van der Waals surface area contributed by atoms with Crippen molar-refractivity contribution in [1.82, 2.24) is 24.2 Å². The Kier molecular flexibility index (Phi) is 7.31. The van der Waals surface area contributed by atoms with Crippen molar-refractivity contribution in [2.24, 2.45) is 7.05 Å². The maximum absolute atomic E-state index is 14.0. The number of aromatic nitrogens is 4. The fourth-order valence-electron chi connectivity index (χ4n) is 5.26. The average Bonchev–Trinajstić information content (AvgIpc) is 3.55. The summed E-state index contributed by atoms with van der Waals surface area (Å²) in [5.41, 5.74) is 1.88. The number of aryl methyl sites for hydroxylation is 2. The first-order valence-corrected chi connectivity index (χ1v) is 12.9. The summed E-state index contributed by atoms with van der Waals surface area (Å²) in [6.07, 6.45) is 1.34. The number of rotatable bonds is 8. The van der Waals surface area contributed by atoms with Crippen LogP contribution in [-0.4, -0.2) is 50.9 Å². The molecule has 40 heavy (non-hydrogen) atoms. The van der Waals surface area contributed by atoms with Gasteiger partial charge in [-0.1, -0.05) is 6.92 Å². The lowest BCUT2D eigenvalue weighted by Crippen LogP contribution is -2.37. The molecule has 210 valence electrons. The van der Waals surface area contributed by atoms with Crippen LogP contribution in [0.4, 0.5) is 13.2 Å². The number of benzene rings is 2. The number of hydrogen-bond acceptors (Lipinski definition) is 5. The SMILES string of the molecule is CCc1nccn1Cc1cc2c(c(-c3cn(C)nc3C(F)(F)F)c1)CCN(Cc1cc(OC)cc(OC)c1)C2=O. The Hall–Kier alpha value is -4.28. The number of carbonyl (C=O) groups is 1. The van der Waals surface area contributed by atoms with Gasteiger partial charge in [-0.2, -0.15) is 18.3 Å². The Morgan fingerprint density at radius 1 is 0.950 bits per heavy atom. The highest BCUT2D eigenvalue weighted by Crippen LogP contribution is 2.40. The van der Waals surface area contributed by atoms with E-state index in [2.05, 4.69) is 10.1 Å². The van der Waals surface area contributed by atoms with E-state index in [1.54, 1.807) is 43.5 Å². The van der Waals surface area contributed by atoms with Crippen molar-refractivity contribution in [3.05, 3.63) is 82.7 Å². The van der Waals surface area contributed by atoms with Crippen LogP contribution < -0.4 is 9.47 Å². The summed E-state index contributed by atoms with van der Waals surface area (Å²) in [6.45, 7) is 3.00. The number of hydrogen-bond donors (Lipinski definition) is 0. The molecule has 3 heterocycles. The second-order valence-corrected chi connectivity index (χ2v) is 9.75. The number of imidazole rings is 1. The quantitative estimate of drug-likeness (QED) is 0.303. The number of fused-ring (bicyclic) bond motifs is 1. The van der Waals surface area contributed by atoms with Gasteiger partial charge in [-0.25, -0.2) is 4.98 Å². The van der Waals surface area contributed by atoms with Crippen molar-refractivity contribution in [3.63, 3.8) is 0 Å². The van der Waals surface area contributed by atoms with Gasteiger partial charge in [0, 0.05) is 68.9 Å².